The molecule has 6 nitrogen and oxygen atoms in total. The van der Waals surface area contributed by atoms with E-state index in [9.17, 15) is 0 Å². The van der Waals surface area contributed by atoms with Gasteiger partial charge in [0.1, 0.15) is 0 Å². The first-order valence-electron chi connectivity index (χ1n) is 10.1. The summed E-state index contributed by atoms with van der Waals surface area (Å²) in [6.07, 6.45) is 3.82. The van der Waals surface area contributed by atoms with E-state index in [4.69, 9.17) is 4.74 Å². The minimum Gasteiger partial charge on any atom is -0.379 e. The van der Waals surface area contributed by atoms with Crippen molar-refractivity contribution < 1.29 is 4.74 Å². The number of likely N-dealkylation sites (N-methyl/N-ethyl adjacent to an activating group) is 1. The second-order valence-electron chi connectivity index (χ2n) is 7.69. The van der Waals surface area contributed by atoms with Crippen LogP contribution in [0.1, 0.15) is 40.0 Å². The van der Waals surface area contributed by atoms with Crippen LogP contribution in [-0.4, -0.2) is 87.4 Å². The first kappa shape index (κ1) is 20.5. The Balaban J connectivity index is 1.79. The molecule has 2 fully saturated rings. The molecule has 0 bridgehead atoms. The molecular weight excluding hydrogens is 314 g/mol. The molecule has 0 radical (unpaired) electrons. The molecule has 2 atom stereocenters. The summed E-state index contributed by atoms with van der Waals surface area (Å²) in [5.74, 6) is 1.63. The van der Waals surface area contributed by atoms with E-state index in [1.54, 1.807) is 0 Å². The van der Waals surface area contributed by atoms with Crippen molar-refractivity contribution >= 4 is 5.96 Å². The van der Waals surface area contributed by atoms with Gasteiger partial charge in [0.05, 0.1) is 13.2 Å². The number of aliphatic imine (C=N–C) groups is 1. The van der Waals surface area contributed by atoms with Crippen molar-refractivity contribution in [3.63, 3.8) is 0 Å². The number of rotatable bonds is 8. The fraction of sp³-hybridized carbons (Fsp3) is 0.947. The summed E-state index contributed by atoms with van der Waals surface area (Å²) in [7, 11) is 1.87. The van der Waals surface area contributed by atoms with Gasteiger partial charge in [-0.1, -0.05) is 20.8 Å². The highest BCUT2D eigenvalue weighted by molar-refractivity contribution is 5.79. The quantitative estimate of drug-likeness (QED) is 0.510. The van der Waals surface area contributed by atoms with E-state index < -0.39 is 0 Å². The van der Waals surface area contributed by atoms with E-state index in [1.807, 2.05) is 7.05 Å². The summed E-state index contributed by atoms with van der Waals surface area (Å²) < 4.78 is 5.52. The number of hydrogen-bond acceptors (Lipinski definition) is 4. The second-order valence-corrected chi connectivity index (χ2v) is 7.69. The van der Waals surface area contributed by atoms with E-state index in [1.165, 1.54) is 25.8 Å². The number of nitrogens with one attached hydrogen (secondary N) is 2. The van der Waals surface area contributed by atoms with Crippen molar-refractivity contribution in [3.8, 4) is 0 Å². The van der Waals surface area contributed by atoms with Crippen LogP contribution in [0.5, 0.6) is 0 Å². The van der Waals surface area contributed by atoms with Crippen LogP contribution < -0.4 is 10.6 Å². The van der Waals surface area contributed by atoms with Crippen LogP contribution in [0.3, 0.4) is 0 Å². The fourth-order valence-electron chi connectivity index (χ4n) is 4.04. The number of nitrogens with zero attached hydrogens (tertiary/aromatic N) is 3. The minimum absolute atomic E-state index is 0.543. The highest BCUT2D eigenvalue weighted by Crippen LogP contribution is 2.15. The van der Waals surface area contributed by atoms with E-state index in [0.29, 0.717) is 18.0 Å². The predicted octanol–water partition coefficient (Wildman–Crippen LogP) is 1.38. The lowest BCUT2D eigenvalue weighted by molar-refractivity contribution is 0.0132. The third-order valence-electron chi connectivity index (χ3n) is 5.44. The number of morpholine rings is 1. The summed E-state index contributed by atoms with van der Waals surface area (Å²) in [5, 5.41) is 7.11. The van der Waals surface area contributed by atoms with Crippen LogP contribution in [0.25, 0.3) is 0 Å². The highest BCUT2D eigenvalue weighted by atomic mass is 16.5. The van der Waals surface area contributed by atoms with Crippen LogP contribution in [0, 0.1) is 5.92 Å². The number of likely N-dealkylation sites (tertiary alicyclic amines) is 1. The standard InChI is InChI=1S/C19H39N5O/c1-5-23-8-6-7-17(23)14-21-19(20-4)22-15-18(13-16(2)3)24-9-11-25-12-10-24/h16-18H,5-15H2,1-4H3,(H2,20,21,22). The maximum absolute atomic E-state index is 5.52. The zero-order valence-corrected chi connectivity index (χ0v) is 16.8. The molecule has 2 rings (SSSR count). The minimum atomic E-state index is 0.543. The van der Waals surface area contributed by atoms with Gasteiger partial charge in [-0.2, -0.15) is 0 Å². The van der Waals surface area contributed by atoms with Crippen molar-refractivity contribution in [3.05, 3.63) is 0 Å². The molecule has 2 heterocycles. The Kier molecular flexibility index (Phi) is 8.99. The first-order chi connectivity index (χ1) is 12.1. The Labute approximate surface area is 154 Å². The highest BCUT2D eigenvalue weighted by Gasteiger charge is 2.24. The maximum atomic E-state index is 5.52. The molecule has 0 spiro atoms. The number of hydrogen-bond donors (Lipinski definition) is 2. The summed E-state index contributed by atoms with van der Waals surface area (Å²) in [6.45, 7) is 15.0. The van der Waals surface area contributed by atoms with E-state index in [2.05, 4.69) is 46.2 Å². The van der Waals surface area contributed by atoms with Crippen molar-refractivity contribution in [2.24, 2.45) is 10.9 Å². The van der Waals surface area contributed by atoms with Crippen LogP contribution in [0.15, 0.2) is 4.99 Å². The molecule has 0 aromatic rings. The average Bonchev–Trinajstić information content (AvgIpc) is 3.08. The number of guanidine groups is 1. The molecule has 2 saturated heterocycles. The average molecular weight is 354 g/mol. The second kappa shape index (κ2) is 11.0. The van der Waals surface area contributed by atoms with Gasteiger partial charge in [-0.3, -0.25) is 14.8 Å². The largest absolute Gasteiger partial charge is 0.379 e. The van der Waals surface area contributed by atoms with E-state index in [0.717, 1.165) is 51.9 Å². The zero-order valence-electron chi connectivity index (χ0n) is 16.8. The van der Waals surface area contributed by atoms with E-state index >= 15 is 0 Å². The third-order valence-corrected chi connectivity index (χ3v) is 5.44. The lowest BCUT2D eigenvalue weighted by atomic mass is 10.0. The molecule has 0 amide bonds. The molecule has 0 saturated carbocycles. The van der Waals surface area contributed by atoms with Crippen molar-refractivity contribution in [1.29, 1.82) is 0 Å². The van der Waals surface area contributed by atoms with E-state index in [-0.39, 0.29) is 0 Å². The number of ether oxygens (including phenoxy) is 1. The fourth-order valence-corrected chi connectivity index (χ4v) is 4.04. The Hall–Kier alpha value is -0.850. The van der Waals surface area contributed by atoms with Gasteiger partial charge in [-0.25, -0.2) is 0 Å². The Morgan fingerprint density at radius 3 is 2.60 bits per heavy atom. The van der Waals surface area contributed by atoms with Crippen LogP contribution in [-0.2, 0) is 4.74 Å². The van der Waals surface area contributed by atoms with Crippen molar-refractivity contribution in [2.45, 2.75) is 52.1 Å². The maximum Gasteiger partial charge on any atom is 0.191 e. The van der Waals surface area contributed by atoms with Gasteiger partial charge in [0.2, 0.25) is 0 Å². The van der Waals surface area contributed by atoms with Gasteiger partial charge in [0.15, 0.2) is 5.96 Å². The normalized spacial score (nSPS) is 24.7. The SMILES string of the molecule is CCN1CCCC1CNC(=NC)NCC(CC(C)C)N1CCOCC1. The Morgan fingerprint density at radius 2 is 1.96 bits per heavy atom. The molecule has 0 aromatic heterocycles. The molecule has 146 valence electrons. The molecule has 0 aliphatic carbocycles. The molecule has 0 aromatic carbocycles. The van der Waals surface area contributed by atoms with Gasteiger partial charge in [0.25, 0.3) is 0 Å². The lowest BCUT2D eigenvalue weighted by Crippen LogP contribution is -2.52. The molecule has 2 N–H and O–H groups in total. The first-order valence-corrected chi connectivity index (χ1v) is 10.1. The van der Waals surface area contributed by atoms with Crippen LogP contribution in [0.2, 0.25) is 0 Å². The summed E-state index contributed by atoms with van der Waals surface area (Å²) in [5.41, 5.74) is 0. The van der Waals surface area contributed by atoms with Gasteiger partial charge in [-0.05, 0) is 38.3 Å². The van der Waals surface area contributed by atoms with Crippen LogP contribution in [0.4, 0.5) is 0 Å². The molecular formula is C19H39N5O. The van der Waals surface area contributed by atoms with Crippen molar-refractivity contribution in [1.82, 2.24) is 20.4 Å². The van der Waals surface area contributed by atoms with Gasteiger partial charge in [0, 0.05) is 45.3 Å². The Morgan fingerprint density at radius 1 is 1.20 bits per heavy atom. The topological polar surface area (TPSA) is 52.1 Å². The molecule has 6 heteroatoms. The molecule has 2 unspecified atom stereocenters. The molecule has 2 aliphatic rings. The smallest absolute Gasteiger partial charge is 0.191 e. The molecule has 2 aliphatic heterocycles. The van der Waals surface area contributed by atoms with Gasteiger partial charge in [-0.15, -0.1) is 0 Å². The lowest BCUT2D eigenvalue weighted by Gasteiger charge is -2.36. The van der Waals surface area contributed by atoms with Gasteiger partial charge >= 0.3 is 0 Å². The van der Waals surface area contributed by atoms with Crippen molar-refractivity contribution in [2.75, 3.05) is 59.5 Å². The third kappa shape index (κ3) is 6.76. The summed E-state index contributed by atoms with van der Waals surface area (Å²) in [4.78, 5) is 9.56. The van der Waals surface area contributed by atoms with Gasteiger partial charge < -0.3 is 15.4 Å². The summed E-state index contributed by atoms with van der Waals surface area (Å²) >= 11 is 0. The zero-order chi connectivity index (χ0) is 18.1. The predicted molar refractivity (Wildman–Crippen MR) is 105 cm³/mol. The Bertz CT molecular complexity index is 395. The monoisotopic (exact) mass is 353 g/mol. The molecule has 25 heavy (non-hydrogen) atoms. The summed E-state index contributed by atoms with van der Waals surface area (Å²) in [6, 6.07) is 1.19. The van der Waals surface area contributed by atoms with Crippen LogP contribution >= 0.6 is 0 Å².